The van der Waals surface area contributed by atoms with Crippen LogP contribution in [0.1, 0.15) is 34.4 Å². The molecule has 0 amide bonds. The molecule has 4 aromatic rings. The van der Waals surface area contributed by atoms with Crippen LogP contribution in [0.2, 0.25) is 0 Å². The third kappa shape index (κ3) is 5.12. The topological polar surface area (TPSA) is 25.8 Å². The van der Waals surface area contributed by atoms with E-state index in [-0.39, 0.29) is 11.8 Å². The van der Waals surface area contributed by atoms with Crippen molar-refractivity contribution in [3.8, 4) is 0 Å². The largest absolute Gasteiger partial charge is 0.261 e. The maximum atomic E-state index is 4.64. The van der Waals surface area contributed by atoms with E-state index in [4.69, 9.17) is 0 Å². The number of thioether (sulfide) groups is 1. The smallest absolute Gasteiger partial charge is 0.0486 e. The fourth-order valence-electron chi connectivity index (χ4n) is 3.54. The summed E-state index contributed by atoms with van der Waals surface area (Å²) in [6.07, 6.45) is 3.77. The summed E-state index contributed by atoms with van der Waals surface area (Å²) in [7, 11) is 0. The Balaban J connectivity index is 1.53. The summed E-state index contributed by atoms with van der Waals surface area (Å²) < 4.78 is 0. The number of nitrogens with zero attached hydrogens (tertiary/aromatic N) is 2. The van der Waals surface area contributed by atoms with Crippen molar-refractivity contribution in [2.45, 2.75) is 11.8 Å². The molecule has 144 valence electrons. The molecule has 4 rings (SSSR count). The lowest BCUT2D eigenvalue weighted by Gasteiger charge is -2.20. The van der Waals surface area contributed by atoms with Gasteiger partial charge in [0.2, 0.25) is 0 Å². The maximum Gasteiger partial charge on any atom is 0.0486 e. The van der Waals surface area contributed by atoms with E-state index in [2.05, 4.69) is 94.9 Å². The molecule has 0 aliphatic carbocycles. The van der Waals surface area contributed by atoms with E-state index in [0.717, 1.165) is 22.9 Å². The number of benzene rings is 2. The second-order valence-electron chi connectivity index (χ2n) is 6.97. The fourth-order valence-corrected chi connectivity index (χ4v) is 4.88. The first kappa shape index (κ1) is 19.4. The Hall–Kier alpha value is -2.91. The van der Waals surface area contributed by atoms with Crippen LogP contribution in [-0.2, 0) is 0 Å². The molecule has 0 bridgehead atoms. The van der Waals surface area contributed by atoms with Crippen LogP contribution in [0.4, 0.5) is 0 Å². The van der Waals surface area contributed by atoms with Gasteiger partial charge in [0, 0.05) is 47.1 Å². The second-order valence-corrected chi connectivity index (χ2v) is 8.05. The van der Waals surface area contributed by atoms with Gasteiger partial charge >= 0.3 is 0 Å². The van der Waals surface area contributed by atoms with Crippen molar-refractivity contribution in [1.29, 1.82) is 0 Å². The minimum Gasteiger partial charge on any atom is -0.261 e. The number of rotatable bonds is 8. The number of hydrogen-bond donors (Lipinski definition) is 0. The molecule has 2 unspecified atom stereocenters. The van der Waals surface area contributed by atoms with Gasteiger partial charge in [0.05, 0.1) is 0 Å². The first-order valence-electron chi connectivity index (χ1n) is 9.91. The van der Waals surface area contributed by atoms with Crippen LogP contribution < -0.4 is 0 Å². The third-order valence-corrected chi connectivity index (χ3v) is 6.20. The molecule has 0 saturated carbocycles. The Morgan fingerprint density at radius 3 is 1.31 bits per heavy atom. The molecule has 0 radical (unpaired) electrons. The molecule has 2 aromatic carbocycles. The standard InChI is InChI=1S/C26H24N2S/c1-3-11-21(12-4-1)23(25-15-7-9-17-27-25)19-29-20-24(22-13-5-2-6-14-22)26-16-8-10-18-28-26/h1-18,23-24H,19-20H2. The highest BCUT2D eigenvalue weighted by Gasteiger charge is 2.19. The third-order valence-electron chi connectivity index (χ3n) is 5.06. The lowest BCUT2D eigenvalue weighted by Crippen LogP contribution is -2.10. The highest BCUT2D eigenvalue weighted by atomic mass is 32.2. The van der Waals surface area contributed by atoms with Crippen molar-refractivity contribution in [1.82, 2.24) is 9.97 Å². The van der Waals surface area contributed by atoms with Gasteiger partial charge in [0.15, 0.2) is 0 Å². The lowest BCUT2D eigenvalue weighted by atomic mass is 9.97. The van der Waals surface area contributed by atoms with E-state index in [1.165, 1.54) is 11.1 Å². The molecule has 2 nitrogen and oxygen atoms in total. The monoisotopic (exact) mass is 396 g/mol. The molecule has 0 fully saturated rings. The average Bonchev–Trinajstić information content (AvgIpc) is 2.81. The van der Waals surface area contributed by atoms with Crippen LogP contribution in [0, 0.1) is 0 Å². The summed E-state index contributed by atoms with van der Waals surface area (Å²) in [4.78, 5) is 9.29. The predicted octanol–water partition coefficient (Wildman–Crippen LogP) is 6.17. The number of aromatic nitrogens is 2. The van der Waals surface area contributed by atoms with Gasteiger partial charge in [-0.1, -0.05) is 72.8 Å². The highest BCUT2D eigenvalue weighted by molar-refractivity contribution is 7.99. The molecule has 0 saturated heterocycles. The van der Waals surface area contributed by atoms with Crippen LogP contribution in [0.25, 0.3) is 0 Å². The van der Waals surface area contributed by atoms with Crippen LogP contribution in [0.3, 0.4) is 0 Å². The highest BCUT2D eigenvalue weighted by Crippen LogP contribution is 2.32. The normalized spacial score (nSPS) is 13.0. The van der Waals surface area contributed by atoms with E-state index in [0.29, 0.717) is 0 Å². The zero-order chi connectivity index (χ0) is 19.7. The Kier molecular flexibility index (Phi) is 6.72. The van der Waals surface area contributed by atoms with Crippen LogP contribution in [-0.4, -0.2) is 21.5 Å². The van der Waals surface area contributed by atoms with Gasteiger partial charge in [-0.25, -0.2) is 0 Å². The van der Waals surface area contributed by atoms with Crippen LogP contribution >= 0.6 is 11.8 Å². The summed E-state index contributed by atoms with van der Waals surface area (Å²) in [6.45, 7) is 0. The predicted molar refractivity (Wildman–Crippen MR) is 122 cm³/mol. The summed E-state index contributed by atoms with van der Waals surface area (Å²) in [5, 5.41) is 0. The Morgan fingerprint density at radius 1 is 0.517 bits per heavy atom. The molecule has 2 atom stereocenters. The molecule has 0 aliphatic heterocycles. The quantitative estimate of drug-likeness (QED) is 0.356. The number of hydrogen-bond acceptors (Lipinski definition) is 3. The molecule has 2 aromatic heterocycles. The molecule has 0 aliphatic rings. The summed E-state index contributed by atoms with van der Waals surface area (Å²) in [5.41, 5.74) is 4.88. The lowest BCUT2D eigenvalue weighted by molar-refractivity contribution is 0.864. The molecule has 3 heteroatoms. The molecular formula is C26H24N2S. The minimum absolute atomic E-state index is 0.280. The summed E-state index contributed by atoms with van der Waals surface area (Å²) in [5.74, 6) is 2.53. The van der Waals surface area contributed by atoms with Crippen molar-refractivity contribution in [2.24, 2.45) is 0 Å². The molecule has 29 heavy (non-hydrogen) atoms. The summed E-state index contributed by atoms with van der Waals surface area (Å²) in [6, 6.07) is 33.7. The zero-order valence-electron chi connectivity index (χ0n) is 16.3. The van der Waals surface area contributed by atoms with Gasteiger partial charge in [0.1, 0.15) is 0 Å². The molecular weight excluding hydrogens is 372 g/mol. The van der Waals surface area contributed by atoms with Crippen molar-refractivity contribution in [3.05, 3.63) is 132 Å². The Bertz CT molecular complexity index is 814. The van der Waals surface area contributed by atoms with Crippen molar-refractivity contribution in [2.75, 3.05) is 11.5 Å². The van der Waals surface area contributed by atoms with Crippen molar-refractivity contribution in [3.63, 3.8) is 0 Å². The van der Waals surface area contributed by atoms with Crippen molar-refractivity contribution >= 4 is 11.8 Å². The van der Waals surface area contributed by atoms with E-state index in [1.54, 1.807) is 0 Å². The summed E-state index contributed by atoms with van der Waals surface area (Å²) >= 11 is 1.97. The molecule has 0 spiro atoms. The van der Waals surface area contributed by atoms with Gasteiger partial charge in [-0.2, -0.15) is 11.8 Å². The SMILES string of the molecule is c1ccc(C(CSCC(c2ccccc2)c2ccccn2)c2ccccn2)cc1. The van der Waals surface area contributed by atoms with E-state index in [9.17, 15) is 0 Å². The van der Waals surface area contributed by atoms with E-state index < -0.39 is 0 Å². The first-order chi connectivity index (χ1) is 14.4. The Labute approximate surface area is 177 Å². The minimum atomic E-state index is 0.280. The molecule has 2 heterocycles. The molecule has 0 N–H and O–H groups in total. The maximum absolute atomic E-state index is 4.64. The number of pyridine rings is 2. The van der Waals surface area contributed by atoms with Crippen molar-refractivity contribution < 1.29 is 0 Å². The first-order valence-corrected chi connectivity index (χ1v) is 11.1. The Morgan fingerprint density at radius 2 is 0.931 bits per heavy atom. The van der Waals surface area contributed by atoms with Crippen LogP contribution in [0.5, 0.6) is 0 Å². The van der Waals surface area contributed by atoms with Gasteiger partial charge in [0.25, 0.3) is 0 Å². The van der Waals surface area contributed by atoms with E-state index >= 15 is 0 Å². The van der Waals surface area contributed by atoms with Gasteiger partial charge in [-0.05, 0) is 35.4 Å². The van der Waals surface area contributed by atoms with Gasteiger partial charge in [-0.15, -0.1) is 0 Å². The second kappa shape index (κ2) is 10.0. The van der Waals surface area contributed by atoms with Crippen LogP contribution in [0.15, 0.2) is 109 Å². The fraction of sp³-hybridized carbons (Fsp3) is 0.154. The van der Waals surface area contributed by atoms with Gasteiger partial charge in [-0.3, -0.25) is 9.97 Å². The van der Waals surface area contributed by atoms with E-state index in [1.807, 2.05) is 36.3 Å². The average molecular weight is 397 g/mol. The zero-order valence-corrected chi connectivity index (χ0v) is 17.1. The van der Waals surface area contributed by atoms with Gasteiger partial charge < -0.3 is 0 Å².